The topological polar surface area (TPSA) is 86.3 Å². The zero-order valence-corrected chi connectivity index (χ0v) is 19.3. The number of hydrogen-bond donors (Lipinski definition) is 2. The third kappa shape index (κ3) is 6.78. The highest BCUT2D eigenvalue weighted by Gasteiger charge is 2.27. The van der Waals surface area contributed by atoms with Crippen molar-refractivity contribution in [3.8, 4) is 5.75 Å². The molecule has 0 atom stereocenters. The number of nitrogens with zero attached hydrogens (tertiary/aromatic N) is 3. The predicted molar refractivity (Wildman–Crippen MR) is 125 cm³/mol. The molecule has 10 heteroatoms. The number of nitrogens with one attached hydrogen (secondary N) is 2. The number of carbonyl (C=O) groups is 2. The van der Waals surface area contributed by atoms with Crippen LogP contribution in [0.2, 0.25) is 0 Å². The minimum Gasteiger partial charge on any atom is -0.410 e. The van der Waals surface area contributed by atoms with Crippen LogP contribution in [0.1, 0.15) is 38.7 Å². The molecule has 0 bridgehead atoms. The number of carbonyl (C=O) groups excluding carboxylic acids is 2. The van der Waals surface area contributed by atoms with Crippen molar-refractivity contribution in [1.82, 2.24) is 20.7 Å². The molecule has 2 aliphatic heterocycles. The highest BCUT2D eigenvalue weighted by molar-refractivity contribution is 8.18. The third-order valence-electron chi connectivity index (χ3n) is 5.23. The Hall–Kier alpha value is -2.43. The molecule has 1 aromatic carbocycles. The smallest absolute Gasteiger partial charge is 0.410 e. The van der Waals surface area contributed by atoms with Crippen molar-refractivity contribution in [2.45, 2.75) is 33.1 Å². The Morgan fingerprint density at radius 2 is 2.19 bits per heavy atom. The maximum atomic E-state index is 13.8. The highest BCUT2D eigenvalue weighted by atomic mass is 32.2. The van der Waals surface area contributed by atoms with Gasteiger partial charge in [-0.2, -0.15) is 4.99 Å². The van der Waals surface area contributed by atoms with Crippen molar-refractivity contribution in [1.29, 1.82) is 0 Å². The Bertz CT molecular complexity index is 882. The van der Waals surface area contributed by atoms with Gasteiger partial charge in [0, 0.05) is 31.3 Å². The minimum atomic E-state index is -0.658. The number of halogens is 1. The van der Waals surface area contributed by atoms with E-state index in [1.54, 1.807) is 6.08 Å². The summed E-state index contributed by atoms with van der Waals surface area (Å²) in [6, 6.07) is 3.88. The lowest BCUT2D eigenvalue weighted by Crippen LogP contribution is -2.45. The molecule has 0 aliphatic carbocycles. The first-order chi connectivity index (χ1) is 15.5. The van der Waals surface area contributed by atoms with Crippen LogP contribution in [0.5, 0.6) is 5.75 Å². The number of amidine groups is 1. The van der Waals surface area contributed by atoms with Gasteiger partial charge < -0.3 is 15.0 Å². The van der Waals surface area contributed by atoms with Gasteiger partial charge in [-0.15, -0.1) is 0 Å². The van der Waals surface area contributed by atoms with E-state index in [1.807, 2.05) is 5.01 Å². The lowest BCUT2D eigenvalue weighted by Gasteiger charge is -2.28. The summed E-state index contributed by atoms with van der Waals surface area (Å²) in [5.74, 6) is -0.846. The third-order valence-corrected chi connectivity index (χ3v) is 6.24. The molecule has 1 aromatic rings. The Balaban J connectivity index is 1.61. The molecule has 174 valence electrons. The van der Waals surface area contributed by atoms with Crippen LogP contribution in [0.4, 0.5) is 9.18 Å². The van der Waals surface area contributed by atoms with Gasteiger partial charge in [0.05, 0.1) is 4.91 Å². The number of rotatable bonds is 8. The molecular weight excluding hydrogens is 433 g/mol. The van der Waals surface area contributed by atoms with E-state index in [-0.39, 0.29) is 11.7 Å². The molecule has 2 heterocycles. The van der Waals surface area contributed by atoms with Crippen LogP contribution in [0.15, 0.2) is 28.1 Å². The number of aliphatic imine (C=N–C) groups is 1. The van der Waals surface area contributed by atoms with Gasteiger partial charge in [-0.25, -0.2) is 14.6 Å². The van der Waals surface area contributed by atoms with Crippen molar-refractivity contribution in [2.24, 2.45) is 4.99 Å². The number of hydrogen-bond acceptors (Lipinski definition) is 7. The van der Waals surface area contributed by atoms with Crippen LogP contribution in [-0.2, 0) is 4.79 Å². The van der Waals surface area contributed by atoms with E-state index in [9.17, 15) is 14.0 Å². The first-order valence-corrected chi connectivity index (χ1v) is 11.8. The van der Waals surface area contributed by atoms with Crippen LogP contribution in [-0.4, -0.2) is 66.3 Å². The predicted octanol–water partition coefficient (Wildman–Crippen LogP) is 3.22. The first-order valence-electron chi connectivity index (χ1n) is 11.0. The highest BCUT2D eigenvalue weighted by Crippen LogP contribution is 2.32. The summed E-state index contributed by atoms with van der Waals surface area (Å²) in [6.45, 7) is 9.05. The van der Waals surface area contributed by atoms with Crippen molar-refractivity contribution in [3.63, 3.8) is 0 Å². The Labute approximate surface area is 192 Å². The van der Waals surface area contributed by atoms with E-state index in [0.717, 1.165) is 58.1 Å². The average molecular weight is 464 g/mol. The quantitative estimate of drug-likeness (QED) is 0.452. The number of hydrazine groups is 1. The normalized spacial score (nSPS) is 17.8. The van der Waals surface area contributed by atoms with E-state index in [4.69, 9.17) is 4.74 Å². The van der Waals surface area contributed by atoms with Gasteiger partial charge in [-0.1, -0.05) is 13.8 Å². The fourth-order valence-corrected chi connectivity index (χ4v) is 4.30. The second kappa shape index (κ2) is 12.0. The molecule has 0 unspecified atom stereocenters. The molecule has 1 saturated heterocycles. The Kier molecular flexibility index (Phi) is 9.07. The first kappa shape index (κ1) is 24.2. The molecule has 0 aromatic heterocycles. The number of benzene rings is 1. The summed E-state index contributed by atoms with van der Waals surface area (Å²) < 4.78 is 19.2. The van der Waals surface area contributed by atoms with Gasteiger partial charge in [0.15, 0.2) is 5.17 Å². The zero-order valence-electron chi connectivity index (χ0n) is 18.5. The number of ether oxygens (including phenoxy) is 1. The summed E-state index contributed by atoms with van der Waals surface area (Å²) >= 11 is 1.25. The standard InChI is InChI=1S/C22H30FN5O3S/c1-3-27(4-2)12-7-10-24-22(30)31-18-15-17(23)9-8-16(18)14-19-20(29)26-21(32-19)28-13-6-5-11-25-28/h8-9,14-15,25H,3-7,10-13H2,1-2H3,(H,24,30)/b19-14-. The molecule has 2 N–H and O–H groups in total. The van der Waals surface area contributed by atoms with E-state index < -0.39 is 11.9 Å². The summed E-state index contributed by atoms with van der Waals surface area (Å²) in [6.07, 6.45) is 3.82. The largest absolute Gasteiger partial charge is 0.412 e. The van der Waals surface area contributed by atoms with E-state index in [1.165, 1.54) is 23.9 Å². The summed E-state index contributed by atoms with van der Waals surface area (Å²) in [5, 5.41) is 5.16. The zero-order chi connectivity index (χ0) is 22.9. The van der Waals surface area contributed by atoms with E-state index in [0.29, 0.717) is 22.2 Å². The van der Waals surface area contributed by atoms with Gasteiger partial charge in [0.2, 0.25) is 0 Å². The lowest BCUT2D eigenvalue weighted by molar-refractivity contribution is -0.113. The van der Waals surface area contributed by atoms with Gasteiger partial charge in [-0.3, -0.25) is 9.80 Å². The fraction of sp³-hybridized carbons (Fsp3) is 0.500. The molecule has 32 heavy (non-hydrogen) atoms. The van der Waals surface area contributed by atoms with Crippen LogP contribution < -0.4 is 15.5 Å². The van der Waals surface area contributed by atoms with Gasteiger partial charge >= 0.3 is 6.09 Å². The fourth-order valence-electron chi connectivity index (χ4n) is 3.39. The SMILES string of the molecule is CCN(CC)CCCNC(=O)Oc1cc(F)ccc1/C=C1\SC(N2CCCCN2)=NC1=O. The van der Waals surface area contributed by atoms with Crippen molar-refractivity contribution in [3.05, 3.63) is 34.5 Å². The van der Waals surface area contributed by atoms with Crippen LogP contribution >= 0.6 is 11.8 Å². The summed E-state index contributed by atoms with van der Waals surface area (Å²) in [5.41, 5.74) is 3.66. The molecule has 1 fully saturated rings. The van der Waals surface area contributed by atoms with Crippen molar-refractivity contribution >= 4 is 35.0 Å². The Morgan fingerprint density at radius 3 is 2.91 bits per heavy atom. The molecule has 3 rings (SSSR count). The second-order valence-corrected chi connectivity index (χ2v) is 8.47. The molecular formula is C22H30FN5O3S. The van der Waals surface area contributed by atoms with E-state index in [2.05, 4.69) is 34.5 Å². The molecule has 0 spiro atoms. The number of thioether (sulfide) groups is 1. The maximum absolute atomic E-state index is 13.8. The molecule has 2 amide bonds. The van der Waals surface area contributed by atoms with E-state index >= 15 is 0 Å². The maximum Gasteiger partial charge on any atom is 0.412 e. The summed E-state index contributed by atoms with van der Waals surface area (Å²) in [7, 11) is 0. The summed E-state index contributed by atoms with van der Waals surface area (Å²) in [4.78, 5) is 31.4. The van der Waals surface area contributed by atoms with Crippen molar-refractivity contribution in [2.75, 3.05) is 39.3 Å². The molecule has 2 aliphatic rings. The van der Waals surface area contributed by atoms with Gasteiger partial charge in [0.25, 0.3) is 5.91 Å². The average Bonchev–Trinajstić information content (AvgIpc) is 3.16. The van der Waals surface area contributed by atoms with Crippen LogP contribution in [0, 0.1) is 5.82 Å². The Morgan fingerprint density at radius 1 is 1.38 bits per heavy atom. The van der Waals surface area contributed by atoms with Crippen LogP contribution in [0.25, 0.3) is 6.08 Å². The monoisotopic (exact) mass is 463 g/mol. The van der Waals surface area contributed by atoms with Gasteiger partial charge in [0.1, 0.15) is 11.6 Å². The minimum absolute atomic E-state index is 0.0525. The molecule has 0 radical (unpaired) electrons. The second-order valence-electron chi connectivity index (χ2n) is 7.46. The van der Waals surface area contributed by atoms with Crippen molar-refractivity contribution < 1.29 is 18.7 Å². The van der Waals surface area contributed by atoms with Crippen LogP contribution in [0.3, 0.4) is 0 Å². The molecule has 8 nitrogen and oxygen atoms in total. The molecule has 0 saturated carbocycles. The number of amides is 2. The lowest BCUT2D eigenvalue weighted by atomic mass is 10.2. The van der Waals surface area contributed by atoms with Gasteiger partial charge in [-0.05, 0) is 68.9 Å².